The number of fused-ring (bicyclic) bond motifs is 1. The van der Waals surface area contributed by atoms with Gasteiger partial charge in [-0.1, -0.05) is 35.9 Å². The lowest BCUT2D eigenvalue weighted by atomic mass is 9.95. The monoisotopic (exact) mass is 295 g/mol. The number of aliphatic hydroxyl groups is 2. The summed E-state index contributed by atoms with van der Waals surface area (Å²) in [4.78, 5) is 12.2. The van der Waals surface area contributed by atoms with Crippen LogP contribution in [0.5, 0.6) is 0 Å². The van der Waals surface area contributed by atoms with E-state index in [1.807, 2.05) is 43.3 Å². The summed E-state index contributed by atoms with van der Waals surface area (Å²) in [6, 6.07) is 11.2. The van der Waals surface area contributed by atoms with Gasteiger partial charge in [0, 0.05) is 16.8 Å². The predicted octanol–water partition coefficient (Wildman–Crippen LogP) is 2.47. The first-order valence-corrected chi connectivity index (χ1v) is 7.10. The molecule has 0 saturated carbocycles. The van der Waals surface area contributed by atoms with Gasteiger partial charge < -0.3 is 15.5 Å². The summed E-state index contributed by atoms with van der Waals surface area (Å²) in [6.07, 6.45) is 1.75. The number of anilines is 1. The normalized spacial score (nSPS) is 15.0. The van der Waals surface area contributed by atoms with Crippen molar-refractivity contribution in [3.8, 4) is 0 Å². The van der Waals surface area contributed by atoms with Gasteiger partial charge in [0.1, 0.15) is 0 Å². The van der Waals surface area contributed by atoms with Gasteiger partial charge in [0.05, 0.1) is 13.2 Å². The summed E-state index contributed by atoms with van der Waals surface area (Å²) in [5.41, 5.74) is 5.23. The van der Waals surface area contributed by atoms with Crippen LogP contribution in [-0.4, -0.2) is 16.1 Å². The number of hydrogen-bond donors (Lipinski definition) is 3. The Morgan fingerprint density at radius 2 is 1.73 bits per heavy atom. The lowest BCUT2D eigenvalue weighted by molar-refractivity contribution is -0.110. The molecule has 0 radical (unpaired) electrons. The Labute approximate surface area is 128 Å². The lowest BCUT2D eigenvalue weighted by Gasteiger charge is -2.11. The zero-order valence-electron chi connectivity index (χ0n) is 12.3. The highest BCUT2D eigenvalue weighted by Gasteiger charge is 2.24. The molecule has 0 saturated heterocycles. The number of rotatable bonds is 3. The molecule has 112 valence electrons. The third-order valence-corrected chi connectivity index (χ3v) is 3.84. The molecule has 1 aliphatic rings. The minimum absolute atomic E-state index is 0.142. The molecule has 3 N–H and O–H groups in total. The van der Waals surface area contributed by atoms with E-state index in [1.165, 1.54) is 0 Å². The molecule has 4 heteroatoms. The van der Waals surface area contributed by atoms with Crippen molar-refractivity contribution < 1.29 is 15.0 Å². The van der Waals surface area contributed by atoms with E-state index in [0.717, 1.165) is 16.8 Å². The fourth-order valence-electron chi connectivity index (χ4n) is 2.83. The second-order valence-corrected chi connectivity index (χ2v) is 5.37. The van der Waals surface area contributed by atoms with Crippen molar-refractivity contribution in [3.05, 3.63) is 64.2 Å². The van der Waals surface area contributed by atoms with Gasteiger partial charge in [-0.15, -0.1) is 0 Å². The standard InChI is InChI=1S/C18H17NO3/c1-11-6-12(9-20)15(13(7-11)10-21)8-16-14-4-2-3-5-17(14)19-18(16)22/h2-8,20-21H,9-10H2,1H3,(H,19,22)/b16-8-. The highest BCUT2D eigenvalue weighted by Crippen LogP contribution is 2.34. The van der Waals surface area contributed by atoms with E-state index in [0.29, 0.717) is 22.3 Å². The number of aryl methyl sites for hydroxylation is 1. The highest BCUT2D eigenvalue weighted by molar-refractivity contribution is 6.35. The number of carbonyl (C=O) groups excluding carboxylic acids is 1. The van der Waals surface area contributed by atoms with Crippen LogP contribution >= 0.6 is 0 Å². The van der Waals surface area contributed by atoms with Gasteiger partial charge in [-0.2, -0.15) is 0 Å². The topological polar surface area (TPSA) is 69.6 Å². The summed E-state index contributed by atoms with van der Waals surface area (Å²) >= 11 is 0. The fourth-order valence-corrected chi connectivity index (χ4v) is 2.83. The average Bonchev–Trinajstić information content (AvgIpc) is 2.84. The van der Waals surface area contributed by atoms with Crippen LogP contribution in [0.1, 0.15) is 27.8 Å². The third kappa shape index (κ3) is 2.43. The van der Waals surface area contributed by atoms with E-state index < -0.39 is 0 Å². The second kappa shape index (κ2) is 5.75. The fraction of sp³-hybridized carbons (Fsp3) is 0.167. The van der Waals surface area contributed by atoms with Crippen molar-refractivity contribution in [2.24, 2.45) is 0 Å². The zero-order valence-corrected chi connectivity index (χ0v) is 12.3. The summed E-state index contributed by atoms with van der Waals surface area (Å²) in [5, 5.41) is 22.0. The summed E-state index contributed by atoms with van der Waals surface area (Å²) < 4.78 is 0. The Hall–Kier alpha value is -2.43. The van der Waals surface area contributed by atoms with Gasteiger partial charge in [0.25, 0.3) is 5.91 Å². The Morgan fingerprint density at radius 1 is 1.09 bits per heavy atom. The minimum atomic E-state index is -0.172. The van der Waals surface area contributed by atoms with Gasteiger partial charge >= 0.3 is 0 Å². The Morgan fingerprint density at radius 3 is 2.36 bits per heavy atom. The summed E-state index contributed by atoms with van der Waals surface area (Å²) in [6.45, 7) is 1.63. The first-order valence-electron chi connectivity index (χ1n) is 7.10. The molecule has 2 aromatic carbocycles. The highest BCUT2D eigenvalue weighted by atomic mass is 16.3. The van der Waals surface area contributed by atoms with E-state index >= 15 is 0 Å². The van der Waals surface area contributed by atoms with Crippen molar-refractivity contribution >= 4 is 23.2 Å². The average molecular weight is 295 g/mol. The molecular formula is C18H17NO3. The van der Waals surface area contributed by atoms with Crippen LogP contribution in [0.15, 0.2) is 36.4 Å². The van der Waals surface area contributed by atoms with E-state index in [4.69, 9.17) is 0 Å². The van der Waals surface area contributed by atoms with Crippen molar-refractivity contribution in [3.63, 3.8) is 0 Å². The number of para-hydroxylation sites is 1. The number of amides is 1. The van der Waals surface area contributed by atoms with Crippen LogP contribution in [0, 0.1) is 6.92 Å². The maximum Gasteiger partial charge on any atom is 0.256 e. The molecular weight excluding hydrogens is 278 g/mol. The summed E-state index contributed by atoms with van der Waals surface area (Å²) in [7, 11) is 0. The smallest absolute Gasteiger partial charge is 0.256 e. The van der Waals surface area contributed by atoms with Gasteiger partial charge in [-0.25, -0.2) is 0 Å². The molecule has 0 unspecified atom stereocenters. The lowest BCUT2D eigenvalue weighted by Crippen LogP contribution is -2.05. The molecule has 4 nitrogen and oxygen atoms in total. The van der Waals surface area contributed by atoms with Gasteiger partial charge in [-0.3, -0.25) is 4.79 Å². The summed E-state index contributed by atoms with van der Waals surface area (Å²) in [5.74, 6) is -0.172. The van der Waals surface area contributed by atoms with Crippen LogP contribution in [0.2, 0.25) is 0 Å². The number of hydrogen-bond acceptors (Lipinski definition) is 3. The van der Waals surface area contributed by atoms with E-state index in [-0.39, 0.29) is 19.1 Å². The molecule has 1 heterocycles. The molecule has 0 bridgehead atoms. The Kier molecular flexibility index (Phi) is 3.79. The van der Waals surface area contributed by atoms with Crippen LogP contribution in [0.4, 0.5) is 5.69 Å². The van der Waals surface area contributed by atoms with Gasteiger partial charge in [0.2, 0.25) is 0 Å². The van der Waals surface area contributed by atoms with Crippen molar-refractivity contribution in [2.45, 2.75) is 20.1 Å². The van der Waals surface area contributed by atoms with Crippen LogP contribution in [-0.2, 0) is 18.0 Å². The molecule has 1 amide bonds. The van der Waals surface area contributed by atoms with E-state index in [1.54, 1.807) is 6.08 Å². The second-order valence-electron chi connectivity index (χ2n) is 5.37. The molecule has 2 aromatic rings. The third-order valence-electron chi connectivity index (χ3n) is 3.84. The number of nitrogens with one attached hydrogen (secondary N) is 1. The van der Waals surface area contributed by atoms with Crippen LogP contribution in [0.3, 0.4) is 0 Å². The quantitative estimate of drug-likeness (QED) is 0.762. The van der Waals surface area contributed by atoms with Crippen molar-refractivity contribution in [1.82, 2.24) is 0 Å². The molecule has 0 fully saturated rings. The molecule has 0 spiro atoms. The van der Waals surface area contributed by atoms with Gasteiger partial charge in [0.15, 0.2) is 0 Å². The largest absolute Gasteiger partial charge is 0.392 e. The van der Waals surface area contributed by atoms with E-state index in [9.17, 15) is 15.0 Å². The number of carbonyl (C=O) groups is 1. The van der Waals surface area contributed by atoms with Gasteiger partial charge in [-0.05, 0) is 35.8 Å². The van der Waals surface area contributed by atoms with Crippen molar-refractivity contribution in [2.75, 3.05) is 5.32 Å². The molecule has 3 rings (SSSR count). The SMILES string of the molecule is Cc1cc(CO)c(/C=C2\C(=O)Nc3ccccc32)c(CO)c1. The first kappa shape index (κ1) is 14.5. The van der Waals surface area contributed by atoms with Crippen molar-refractivity contribution in [1.29, 1.82) is 0 Å². The molecule has 0 atom stereocenters. The predicted molar refractivity (Wildman–Crippen MR) is 86.0 cm³/mol. The number of aliphatic hydroxyl groups excluding tert-OH is 2. The van der Waals surface area contributed by atoms with Crippen LogP contribution in [0.25, 0.3) is 11.6 Å². The molecule has 1 aliphatic heterocycles. The first-order chi connectivity index (χ1) is 10.6. The Bertz CT molecular complexity index is 753. The molecule has 0 aromatic heterocycles. The van der Waals surface area contributed by atoms with Crippen LogP contribution < -0.4 is 5.32 Å². The zero-order chi connectivity index (χ0) is 15.7. The molecule has 0 aliphatic carbocycles. The maximum atomic E-state index is 12.2. The molecule has 22 heavy (non-hydrogen) atoms. The van der Waals surface area contributed by atoms with E-state index in [2.05, 4.69) is 5.32 Å². The maximum absolute atomic E-state index is 12.2. The Balaban J connectivity index is 2.19. The number of benzene rings is 2. The minimum Gasteiger partial charge on any atom is -0.392 e.